The van der Waals surface area contributed by atoms with Gasteiger partial charge in [0.25, 0.3) is 5.91 Å². The normalized spacial score (nSPS) is 11.8. The minimum absolute atomic E-state index is 0.0212. The Balaban J connectivity index is 1.54. The van der Waals surface area contributed by atoms with Crippen molar-refractivity contribution in [2.24, 2.45) is 0 Å². The minimum atomic E-state index is -0.0212. The van der Waals surface area contributed by atoms with Crippen LogP contribution >= 0.6 is 0 Å². The monoisotopic (exact) mass is 359 g/mol. The van der Waals surface area contributed by atoms with Crippen molar-refractivity contribution in [3.63, 3.8) is 0 Å². The number of rotatable bonds is 7. The molecule has 138 valence electrons. The highest BCUT2D eigenvalue weighted by molar-refractivity contribution is 5.89. The van der Waals surface area contributed by atoms with Gasteiger partial charge in [0.05, 0.1) is 0 Å². The van der Waals surface area contributed by atoms with Crippen LogP contribution in [0.25, 0.3) is 0 Å². The first-order chi connectivity index (χ1) is 13.1. The van der Waals surface area contributed by atoms with Crippen molar-refractivity contribution >= 4 is 11.6 Å². The van der Waals surface area contributed by atoms with Crippen molar-refractivity contribution in [1.82, 2.24) is 0 Å². The molecule has 3 aromatic rings. The summed E-state index contributed by atoms with van der Waals surface area (Å²) >= 11 is 0. The summed E-state index contributed by atoms with van der Waals surface area (Å²) in [5.41, 5.74) is 4.67. The van der Waals surface area contributed by atoms with Gasteiger partial charge in [-0.05, 0) is 47.6 Å². The second-order valence-corrected chi connectivity index (χ2v) is 7.02. The molecule has 0 aliphatic rings. The van der Waals surface area contributed by atoms with Gasteiger partial charge < -0.3 is 5.32 Å². The van der Waals surface area contributed by atoms with Crippen LogP contribution in [0, 0.1) is 0 Å². The number of hydrogen-bond acceptors (Lipinski definition) is 1. The van der Waals surface area contributed by atoms with Gasteiger partial charge in [0.1, 0.15) is 0 Å². The van der Waals surface area contributed by atoms with Crippen LogP contribution in [0.2, 0.25) is 0 Å². The molecule has 0 bridgehead atoms. The lowest BCUT2D eigenvalue weighted by Gasteiger charge is -2.10. The Bertz CT molecular complexity index is 855. The van der Waals surface area contributed by atoms with Crippen LogP contribution in [-0.4, -0.2) is 5.91 Å². The number of anilines is 1. The predicted octanol–water partition coefficient (Wildman–Crippen LogP) is 4.72. The molecule has 1 N–H and O–H groups in total. The molecular weight excluding hydrogens is 332 g/mol. The molecule has 0 saturated carbocycles. The summed E-state index contributed by atoms with van der Waals surface area (Å²) in [4.78, 5) is 12.3. The second kappa shape index (κ2) is 9.13. The fourth-order valence-electron chi connectivity index (χ4n) is 3.04. The molecule has 3 heteroatoms. The van der Waals surface area contributed by atoms with Crippen molar-refractivity contribution in [3.8, 4) is 0 Å². The standard InChI is InChI=1S/C24H26N2O/c1-3-19(2)22-9-11-23(12-10-22)25-24(27)18-26-15-13-21(14-16-26)17-20-7-5-4-6-8-20/h4-16,19H,3,17-18H2,1-2H3/p+1/t19-/m0/s1. The Hall–Kier alpha value is -2.94. The van der Waals surface area contributed by atoms with Crippen LogP contribution in [0.15, 0.2) is 79.1 Å². The average Bonchev–Trinajstić information content (AvgIpc) is 2.70. The predicted molar refractivity (Wildman–Crippen MR) is 110 cm³/mol. The molecular formula is C24H27N2O+. The van der Waals surface area contributed by atoms with E-state index in [4.69, 9.17) is 0 Å². The van der Waals surface area contributed by atoms with Gasteiger partial charge in [-0.25, -0.2) is 0 Å². The van der Waals surface area contributed by atoms with E-state index in [2.05, 4.69) is 67.7 Å². The van der Waals surface area contributed by atoms with E-state index in [1.54, 1.807) is 0 Å². The highest BCUT2D eigenvalue weighted by Crippen LogP contribution is 2.20. The van der Waals surface area contributed by atoms with Gasteiger partial charge in [0.2, 0.25) is 6.54 Å². The Labute approximate surface area is 161 Å². The van der Waals surface area contributed by atoms with E-state index in [-0.39, 0.29) is 5.91 Å². The van der Waals surface area contributed by atoms with Crippen LogP contribution < -0.4 is 9.88 Å². The van der Waals surface area contributed by atoms with E-state index in [0.29, 0.717) is 12.5 Å². The number of nitrogens with one attached hydrogen (secondary N) is 1. The number of nitrogens with zero attached hydrogens (tertiary/aromatic N) is 1. The topological polar surface area (TPSA) is 33.0 Å². The van der Waals surface area contributed by atoms with Crippen LogP contribution in [0.3, 0.4) is 0 Å². The Kier molecular flexibility index (Phi) is 6.37. The van der Waals surface area contributed by atoms with Gasteiger partial charge in [-0.15, -0.1) is 0 Å². The van der Waals surface area contributed by atoms with Gasteiger partial charge in [-0.3, -0.25) is 4.79 Å². The number of amides is 1. The van der Waals surface area contributed by atoms with Crippen LogP contribution in [0.5, 0.6) is 0 Å². The highest BCUT2D eigenvalue weighted by Gasteiger charge is 2.10. The first-order valence-corrected chi connectivity index (χ1v) is 9.55. The quantitative estimate of drug-likeness (QED) is 0.609. The van der Waals surface area contributed by atoms with E-state index >= 15 is 0 Å². The summed E-state index contributed by atoms with van der Waals surface area (Å²) in [6, 6.07) is 22.7. The number of hydrogen-bond donors (Lipinski definition) is 1. The van der Waals surface area contributed by atoms with Gasteiger partial charge in [-0.2, -0.15) is 4.57 Å². The van der Waals surface area contributed by atoms with Crippen molar-refractivity contribution in [1.29, 1.82) is 0 Å². The molecule has 0 spiro atoms. The SMILES string of the molecule is CC[C@H](C)c1ccc(NC(=O)C[n+]2ccc(Cc3ccccc3)cc2)cc1. The molecule has 0 radical (unpaired) electrons. The molecule has 1 heterocycles. The number of benzene rings is 2. The van der Waals surface area contributed by atoms with E-state index in [1.165, 1.54) is 16.7 Å². The molecule has 27 heavy (non-hydrogen) atoms. The summed E-state index contributed by atoms with van der Waals surface area (Å²) in [6.07, 6.45) is 5.94. The smallest absolute Gasteiger partial charge is 0.290 e. The van der Waals surface area contributed by atoms with E-state index in [0.717, 1.165) is 18.5 Å². The van der Waals surface area contributed by atoms with Crippen molar-refractivity contribution in [2.75, 3.05) is 5.32 Å². The van der Waals surface area contributed by atoms with Crippen molar-refractivity contribution < 1.29 is 9.36 Å². The third-order valence-electron chi connectivity index (χ3n) is 4.91. The minimum Gasteiger partial charge on any atom is -0.321 e. The maximum atomic E-state index is 12.3. The van der Waals surface area contributed by atoms with Crippen LogP contribution in [0.1, 0.15) is 42.9 Å². The molecule has 1 aromatic heterocycles. The third kappa shape index (κ3) is 5.52. The zero-order valence-electron chi connectivity index (χ0n) is 16.1. The van der Waals surface area contributed by atoms with Gasteiger partial charge >= 0.3 is 0 Å². The zero-order chi connectivity index (χ0) is 19.1. The molecule has 0 aliphatic heterocycles. The summed E-state index contributed by atoms with van der Waals surface area (Å²) < 4.78 is 1.90. The molecule has 1 amide bonds. The van der Waals surface area contributed by atoms with Crippen molar-refractivity contribution in [2.45, 2.75) is 39.2 Å². The average molecular weight is 359 g/mol. The largest absolute Gasteiger partial charge is 0.321 e. The van der Waals surface area contributed by atoms with Gasteiger partial charge in [-0.1, -0.05) is 56.3 Å². The summed E-state index contributed by atoms with van der Waals surface area (Å²) in [7, 11) is 0. The Morgan fingerprint density at radius 3 is 2.19 bits per heavy atom. The summed E-state index contributed by atoms with van der Waals surface area (Å²) in [6.45, 7) is 4.70. The summed E-state index contributed by atoms with van der Waals surface area (Å²) in [5.74, 6) is 0.520. The maximum absolute atomic E-state index is 12.3. The van der Waals surface area contributed by atoms with Gasteiger partial charge in [0.15, 0.2) is 12.4 Å². The number of carbonyl (C=O) groups is 1. The fourth-order valence-corrected chi connectivity index (χ4v) is 3.04. The van der Waals surface area contributed by atoms with Crippen molar-refractivity contribution in [3.05, 3.63) is 95.8 Å². The van der Waals surface area contributed by atoms with Crippen LogP contribution in [-0.2, 0) is 17.8 Å². The Morgan fingerprint density at radius 1 is 0.926 bits per heavy atom. The molecule has 0 fully saturated rings. The number of carbonyl (C=O) groups excluding carboxylic acids is 1. The highest BCUT2D eigenvalue weighted by atomic mass is 16.1. The Morgan fingerprint density at radius 2 is 1.56 bits per heavy atom. The lowest BCUT2D eigenvalue weighted by molar-refractivity contribution is -0.684. The van der Waals surface area contributed by atoms with E-state index in [1.807, 2.05) is 35.2 Å². The molecule has 0 saturated heterocycles. The first-order valence-electron chi connectivity index (χ1n) is 9.55. The molecule has 3 nitrogen and oxygen atoms in total. The molecule has 3 rings (SSSR count). The molecule has 2 aromatic carbocycles. The van der Waals surface area contributed by atoms with E-state index in [9.17, 15) is 4.79 Å². The number of aromatic nitrogens is 1. The molecule has 0 aliphatic carbocycles. The lowest BCUT2D eigenvalue weighted by Crippen LogP contribution is -2.39. The number of pyridine rings is 1. The van der Waals surface area contributed by atoms with E-state index < -0.39 is 0 Å². The second-order valence-electron chi connectivity index (χ2n) is 7.02. The zero-order valence-corrected chi connectivity index (χ0v) is 16.1. The van der Waals surface area contributed by atoms with Gasteiger partial charge in [0, 0.05) is 17.8 Å². The van der Waals surface area contributed by atoms with Crippen LogP contribution in [0.4, 0.5) is 5.69 Å². The molecule has 0 unspecified atom stereocenters. The first kappa shape index (κ1) is 18.8. The third-order valence-corrected chi connectivity index (χ3v) is 4.91. The molecule has 1 atom stereocenters. The summed E-state index contributed by atoms with van der Waals surface area (Å²) in [5, 5.41) is 2.97. The fraction of sp³-hybridized carbons (Fsp3) is 0.250. The lowest BCUT2D eigenvalue weighted by atomic mass is 9.99. The maximum Gasteiger partial charge on any atom is 0.290 e.